The molecule has 0 spiro atoms. The fraction of sp³-hybridized carbons (Fsp3) is 0.111. The standard InChI is InChI=1S/C9H8Cl2N2O2/c1-5-6(12-8(10)14)3-2-4-7(5)13-9(11)15/h2-4H,1H3,(H,12,14)(H,13,15). The van der Waals surface area contributed by atoms with Crippen molar-refractivity contribution in [3.8, 4) is 0 Å². The molecule has 0 aliphatic heterocycles. The number of hydrogen-bond donors (Lipinski definition) is 2. The van der Waals surface area contributed by atoms with Crippen LogP contribution in [0.15, 0.2) is 18.2 Å². The van der Waals surface area contributed by atoms with Gasteiger partial charge >= 0.3 is 10.7 Å². The van der Waals surface area contributed by atoms with Gasteiger partial charge in [-0.05, 0) is 47.8 Å². The van der Waals surface area contributed by atoms with Crippen molar-refractivity contribution < 1.29 is 9.59 Å². The molecule has 0 heterocycles. The van der Waals surface area contributed by atoms with Gasteiger partial charge in [0.15, 0.2) is 0 Å². The number of hydrogen-bond acceptors (Lipinski definition) is 2. The predicted molar refractivity (Wildman–Crippen MR) is 60.9 cm³/mol. The number of carbonyl (C=O) groups is 2. The summed E-state index contributed by atoms with van der Waals surface area (Å²) in [7, 11) is 0. The summed E-state index contributed by atoms with van der Waals surface area (Å²) in [4.78, 5) is 21.3. The summed E-state index contributed by atoms with van der Waals surface area (Å²) in [6.07, 6.45) is 0. The smallest absolute Gasteiger partial charge is 0.312 e. The van der Waals surface area contributed by atoms with Crippen LogP contribution in [0.2, 0.25) is 0 Å². The average molecular weight is 247 g/mol. The van der Waals surface area contributed by atoms with Gasteiger partial charge in [-0.15, -0.1) is 0 Å². The summed E-state index contributed by atoms with van der Waals surface area (Å²) < 4.78 is 0. The third-order valence-electron chi connectivity index (χ3n) is 1.80. The second-order valence-electron chi connectivity index (χ2n) is 2.78. The van der Waals surface area contributed by atoms with Crippen molar-refractivity contribution in [1.82, 2.24) is 0 Å². The fourth-order valence-corrected chi connectivity index (χ4v) is 1.32. The first kappa shape index (κ1) is 11.8. The van der Waals surface area contributed by atoms with E-state index in [0.717, 1.165) is 0 Å². The minimum Gasteiger partial charge on any atom is -0.312 e. The Bertz CT molecular complexity index is 373. The normalized spacial score (nSPS) is 9.53. The number of benzene rings is 1. The van der Waals surface area contributed by atoms with Gasteiger partial charge in [0.2, 0.25) is 0 Å². The molecule has 0 aliphatic rings. The van der Waals surface area contributed by atoms with Crippen molar-refractivity contribution >= 4 is 45.3 Å². The topological polar surface area (TPSA) is 58.2 Å². The zero-order valence-electron chi connectivity index (χ0n) is 7.80. The van der Waals surface area contributed by atoms with Crippen LogP contribution in [0.4, 0.5) is 21.0 Å². The Hall–Kier alpha value is -1.26. The van der Waals surface area contributed by atoms with E-state index >= 15 is 0 Å². The molecule has 0 atom stereocenters. The minimum absolute atomic E-state index is 0.526. The van der Waals surface area contributed by atoms with Crippen molar-refractivity contribution in [3.05, 3.63) is 23.8 Å². The van der Waals surface area contributed by atoms with E-state index in [2.05, 4.69) is 10.6 Å². The lowest BCUT2D eigenvalue weighted by Crippen LogP contribution is -2.07. The van der Waals surface area contributed by atoms with Crippen molar-refractivity contribution in [3.63, 3.8) is 0 Å². The van der Waals surface area contributed by atoms with Crippen LogP contribution in [0.25, 0.3) is 0 Å². The van der Waals surface area contributed by atoms with Crippen LogP contribution in [0, 0.1) is 6.92 Å². The Morgan fingerprint density at radius 3 is 1.80 bits per heavy atom. The second kappa shape index (κ2) is 5.00. The highest BCUT2D eigenvalue weighted by Gasteiger charge is 2.07. The Morgan fingerprint density at radius 2 is 1.47 bits per heavy atom. The summed E-state index contributed by atoms with van der Waals surface area (Å²) in [6.45, 7) is 1.73. The van der Waals surface area contributed by atoms with Gasteiger partial charge in [0.1, 0.15) is 0 Å². The molecule has 0 saturated heterocycles. The van der Waals surface area contributed by atoms with Crippen LogP contribution in [0.1, 0.15) is 5.56 Å². The first-order valence-corrected chi connectivity index (χ1v) is 4.79. The molecule has 15 heavy (non-hydrogen) atoms. The fourth-order valence-electron chi connectivity index (χ4n) is 1.12. The average Bonchev–Trinajstić information content (AvgIpc) is 2.10. The Balaban J connectivity index is 2.99. The maximum absolute atomic E-state index is 10.6. The number of amides is 2. The number of carbonyl (C=O) groups excluding carboxylic acids is 2. The number of nitrogens with one attached hydrogen (secondary N) is 2. The molecule has 80 valence electrons. The molecule has 0 fully saturated rings. The molecular weight excluding hydrogens is 239 g/mol. The van der Waals surface area contributed by atoms with Crippen LogP contribution in [-0.4, -0.2) is 10.7 Å². The molecule has 4 nitrogen and oxygen atoms in total. The first-order valence-electron chi connectivity index (χ1n) is 4.03. The molecule has 2 amide bonds. The Kier molecular flexibility index (Phi) is 3.94. The lowest BCUT2D eigenvalue weighted by molar-refractivity contribution is 0.268. The Morgan fingerprint density at radius 1 is 1.07 bits per heavy atom. The highest BCUT2D eigenvalue weighted by atomic mass is 35.5. The van der Waals surface area contributed by atoms with Crippen LogP contribution >= 0.6 is 23.2 Å². The van der Waals surface area contributed by atoms with E-state index in [1.807, 2.05) is 0 Å². The summed E-state index contributed by atoms with van der Waals surface area (Å²) in [5.74, 6) is 0. The van der Waals surface area contributed by atoms with Gasteiger partial charge in [-0.1, -0.05) is 6.07 Å². The van der Waals surface area contributed by atoms with Crippen molar-refractivity contribution in [2.24, 2.45) is 0 Å². The van der Waals surface area contributed by atoms with Crippen LogP contribution < -0.4 is 10.6 Å². The highest BCUT2D eigenvalue weighted by molar-refractivity contribution is 6.66. The predicted octanol–water partition coefficient (Wildman–Crippen LogP) is 3.54. The van der Waals surface area contributed by atoms with Crippen molar-refractivity contribution in [1.29, 1.82) is 0 Å². The maximum Gasteiger partial charge on any atom is 0.318 e. The van der Waals surface area contributed by atoms with Crippen LogP contribution in [-0.2, 0) is 0 Å². The molecule has 1 aromatic rings. The molecule has 1 aromatic carbocycles. The van der Waals surface area contributed by atoms with E-state index in [1.54, 1.807) is 25.1 Å². The van der Waals surface area contributed by atoms with E-state index in [0.29, 0.717) is 16.9 Å². The zero-order valence-corrected chi connectivity index (χ0v) is 9.32. The minimum atomic E-state index is -0.688. The third kappa shape index (κ3) is 3.42. The molecule has 1 rings (SSSR count). The summed E-state index contributed by atoms with van der Waals surface area (Å²) in [6, 6.07) is 5.00. The molecule has 0 bridgehead atoms. The van der Waals surface area contributed by atoms with Gasteiger partial charge < -0.3 is 10.6 Å². The monoisotopic (exact) mass is 246 g/mol. The van der Waals surface area contributed by atoms with E-state index in [9.17, 15) is 9.59 Å². The lowest BCUT2D eigenvalue weighted by atomic mass is 10.1. The quantitative estimate of drug-likeness (QED) is 0.620. The molecule has 0 aliphatic carbocycles. The van der Waals surface area contributed by atoms with Crippen molar-refractivity contribution in [2.75, 3.05) is 10.6 Å². The van der Waals surface area contributed by atoms with E-state index in [4.69, 9.17) is 23.2 Å². The zero-order chi connectivity index (χ0) is 11.4. The SMILES string of the molecule is Cc1c(NC(=O)Cl)cccc1NC(=O)Cl. The second-order valence-corrected chi connectivity index (χ2v) is 3.46. The summed E-state index contributed by atoms with van der Waals surface area (Å²) in [5, 5.41) is 3.46. The molecule has 0 unspecified atom stereocenters. The third-order valence-corrected chi connectivity index (χ3v) is 1.99. The van der Waals surface area contributed by atoms with Gasteiger partial charge in [0, 0.05) is 11.4 Å². The van der Waals surface area contributed by atoms with E-state index < -0.39 is 10.7 Å². The summed E-state index contributed by atoms with van der Waals surface area (Å²) >= 11 is 10.4. The highest BCUT2D eigenvalue weighted by Crippen LogP contribution is 2.23. The van der Waals surface area contributed by atoms with Gasteiger partial charge in [0.05, 0.1) is 0 Å². The molecule has 0 aromatic heterocycles. The molecule has 0 saturated carbocycles. The molecular formula is C9H8Cl2N2O2. The van der Waals surface area contributed by atoms with Gasteiger partial charge in [0.25, 0.3) is 0 Å². The van der Waals surface area contributed by atoms with Crippen molar-refractivity contribution in [2.45, 2.75) is 6.92 Å². The Labute approximate surface area is 96.6 Å². The lowest BCUT2D eigenvalue weighted by Gasteiger charge is -2.10. The van der Waals surface area contributed by atoms with Gasteiger partial charge in [-0.3, -0.25) is 9.59 Å². The van der Waals surface area contributed by atoms with Gasteiger partial charge in [-0.2, -0.15) is 0 Å². The van der Waals surface area contributed by atoms with E-state index in [-0.39, 0.29) is 0 Å². The van der Waals surface area contributed by atoms with Gasteiger partial charge in [-0.25, -0.2) is 0 Å². The van der Waals surface area contributed by atoms with E-state index in [1.165, 1.54) is 0 Å². The largest absolute Gasteiger partial charge is 0.318 e. The van der Waals surface area contributed by atoms with Crippen LogP contribution in [0.3, 0.4) is 0 Å². The molecule has 6 heteroatoms. The maximum atomic E-state index is 10.6. The number of anilines is 2. The molecule has 0 radical (unpaired) electrons. The first-order chi connectivity index (χ1) is 7.00. The number of rotatable bonds is 2. The number of halogens is 2. The molecule has 2 N–H and O–H groups in total. The summed E-state index contributed by atoms with van der Waals surface area (Å²) in [5.41, 5.74) is 1.73. The van der Waals surface area contributed by atoms with Crippen LogP contribution in [0.5, 0.6) is 0 Å².